The minimum absolute atomic E-state index is 0.0808. The van der Waals surface area contributed by atoms with Gasteiger partial charge in [0.05, 0.1) is 0 Å². The van der Waals surface area contributed by atoms with Crippen molar-refractivity contribution in [3.63, 3.8) is 0 Å². The van der Waals surface area contributed by atoms with Crippen LogP contribution in [-0.4, -0.2) is 28.6 Å². The van der Waals surface area contributed by atoms with Gasteiger partial charge in [-0.2, -0.15) is 0 Å². The van der Waals surface area contributed by atoms with Crippen LogP contribution in [-0.2, 0) is 0 Å². The molecule has 45 heavy (non-hydrogen) atoms. The largest absolute Gasteiger partial charge is 0.508 e. The maximum atomic E-state index is 12.6. The molecule has 0 bridgehead atoms. The number of ether oxygens (including phenoxy) is 2. The topological polar surface area (TPSA) is 93.1 Å². The first-order valence-electron chi connectivity index (χ1n) is 14.4. The van der Waals surface area contributed by atoms with Crippen LogP contribution in [0.3, 0.4) is 0 Å². The number of allylic oxidation sites excluding steroid dienone is 2. The quantitative estimate of drug-likeness (QED) is 0.149. The number of aromatic hydroxyl groups is 2. The number of hydrogen-bond acceptors (Lipinski definition) is 6. The van der Waals surface area contributed by atoms with Crippen molar-refractivity contribution >= 4 is 45.3 Å². The number of benzene rings is 6. The Hall–Kier alpha value is -6.14. The minimum Gasteiger partial charge on any atom is -0.508 e. The second-order valence-electron chi connectivity index (χ2n) is 10.7. The summed E-state index contributed by atoms with van der Waals surface area (Å²) in [7, 11) is 0. The minimum atomic E-state index is -0.151. The molecule has 0 saturated carbocycles. The Bertz CT molecular complexity index is 2020. The highest BCUT2D eigenvalue weighted by molar-refractivity contribution is 6.11. The smallest absolute Gasteiger partial charge is 0.230 e. The third kappa shape index (κ3) is 5.53. The highest BCUT2D eigenvalue weighted by atomic mass is 16.7. The molecule has 6 nitrogen and oxygen atoms in total. The summed E-state index contributed by atoms with van der Waals surface area (Å²) in [5.74, 6) is 1.35. The molecule has 0 amide bonds. The van der Waals surface area contributed by atoms with Gasteiger partial charge in [0.25, 0.3) is 0 Å². The van der Waals surface area contributed by atoms with E-state index in [4.69, 9.17) is 9.47 Å². The summed E-state index contributed by atoms with van der Waals surface area (Å²) in [6.45, 7) is 0.0808. The van der Waals surface area contributed by atoms with Crippen LogP contribution in [0.25, 0.3) is 44.8 Å². The van der Waals surface area contributed by atoms with Gasteiger partial charge in [0.15, 0.2) is 11.6 Å². The normalized spacial score (nSPS) is 12.4. The highest BCUT2D eigenvalue weighted by Gasteiger charge is 2.22. The first-order valence-corrected chi connectivity index (χ1v) is 14.4. The number of ketones is 2. The fourth-order valence-corrected chi connectivity index (χ4v) is 5.56. The van der Waals surface area contributed by atoms with E-state index in [1.807, 2.05) is 60.7 Å². The Morgan fingerprint density at radius 3 is 1.38 bits per heavy atom. The molecule has 0 aromatic heterocycles. The van der Waals surface area contributed by atoms with Crippen molar-refractivity contribution in [2.75, 3.05) is 6.79 Å². The number of fused-ring (bicyclic) bond motifs is 7. The van der Waals surface area contributed by atoms with E-state index < -0.39 is 0 Å². The second-order valence-corrected chi connectivity index (χ2v) is 10.7. The third-order valence-corrected chi connectivity index (χ3v) is 7.85. The van der Waals surface area contributed by atoms with Crippen molar-refractivity contribution in [3.8, 4) is 34.1 Å². The lowest BCUT2D eigenvalue weighted by atomic mass is 9.91. The molecule has 6 aromatic rings. The maximum absolute atomic E-state index is 12.6. The van der Waals surface area contributed by atoms with Gasteiger partial charge in [-0.3, -0.25) is 9.59 Å². The van der Waals surface area contributed by atoms with Crippen molar-refractivity contribution < 1.29 is 29.3 Å². The van der Waals surface area contributed by atoms with Gasteiger partial charge in [0.2, 0.25) is 6.79 Å². The Morgan fingerprint density at radius 2 is 0.956 bits per heavy atom. The van der Waals surface area contributed by atoms with E-state index in [9.17, 15) is 19.8 Å². The number of phenolic OH excluding ortho intramolecular Hbond substituents is 2. The first-order chi connectivity index (χ1) is 21.9. The second kappa shape index (κ2) is 11.5. The zero-order valence-corrected chi connectivity index (χ0v) is 23.9. The van der Waals surface area contributed by atoms with Gasteiger partial charge in [-0.25, -0.2) is 0 Å². The number of carbonyl (C=O) groups is 2. The lowest BCUT2D eigenvalue weighted by molar-refractivity contribution is 0.103. The van der Waals surface area contributed by atoms with Crippen LogP contribution < -0.4 is 9.47 Å². The van der Waals surface area contributed by atoms with Crippen molar-refractivity contribution in [2.45, 2.75) is 0 Å². The van der Waals surface area contributed by atoms with Crippen LogP contribution in [0.4, 0.5) is 0 Å². The predicted octanol–water partition coefficient (Wildman–Crippen LogP) is 8.59. The molecule has 1 aliphatic heterocycles. The highest BCUT2D eigenvalue weighted by Crippen LogP contribution is 2.47. The fraction of sp³-hybridized carbons (Fsp3) is 0.0256. The van der Waals surface area contributed by atoms with E-state index in [2.05, 4.69) is 0 Å². The molecule has 0 aliphatic carbocycles. The van der Waals surface area contributed by atoms with Crippen LogP contribution in [0.15, 0.2) is 121 Å². The zero-order valence-electron chi connectivity index (χ0n) is 23.9. The summed E-state index contributed by atoms with van der Waals surface area (Å²) in [4.78, 5) is 25.3. The average molecular weight is 591 g/mol. The van der Waals surface area contributed by atoms with Crippen LogP contribution in [0.2, 0.25) is 0 Å². The molecule has 6 heteroatoms. The van der Waals surface area contributed by atoms with E-state index in [0.717, 1.165) is 43.8 Å². The molecule has 0 unspecified atom stereocenters. The fourth-order valence-electron chi connectivity index (χ4n) is 5.56. The van der Waals surface area contributed by atoms with Gasteiger partial charge in [0.1, 0.15) is 23.0 Å². The van der Waals surface area contributed by atoms with E-state index in [-0.39, 0.29) is 29.9 Å². The third-order valence-electron chi connectivity index (χ3n) is 7.85. The number of hydrogen-bond donors (Lipinski definition) is 2. The lowest BCUT2D eigenvalue weighted by Crippen LogP contribution is -2.03. The SMILES string of the molecule is O=C(/C=C/c1ccc2c3c(ccc2c1)OCOc1ccc2cc(/C=C/C(=O)c4ccc(O)cc4)ccc2c1-3)c1ccc(O)cc1. The Balaban J connectivity index is 1.24. The number of carbonyl (C=O) groups excluding carboxylic acids is 2. The molecule has 0 spiro atoms. The zero-order chi connectivity index (χ0) is 30.9. The summed E-state index contributed by atoms with van der Waals surface area (Å²) in [6.07, 6.45) is 6.62. The van der Waals surface area contributed by atoms with Crippen LogP contribution in [0, 0.1) is 0 Å². The Morgan fingerprint density at radius 1 is 0.533 bits per heavy atom. The molecular weight excluding hydrogens is 564 g/mol. The molecule has 7 rings (SSSR count). The van der Waals surface area contributed by atoms with Crippen molar-refractivity contribution in [1.82, 2.24) is 0 Å². The van der Waals surface area contributed by atoms with Crippen LogP contribution >= 0.6 is 0 Å². The van der Waals surface area contributed by atoms with Gasteiger partial charge in [-0.1, -0.05) is 48.6 Å². The van der Waals surface area contributed by atoms with E-state index in [1.54, 1.807) is 36.4 Å². The molecule has 1 heterocycles. The molecule has 0 fully saturated rings. The monoisotopic (exact) mass is 590 g/mol. The summed E-state index contributed by atoms with van der Waals surface area (Å²) in [5, 5.41) is 22.9. The molecule has 1 aliphatic rings. The van der Waals surface area contributed by atoms with Crippen LogP contribution in [0.5, 0.6) is 23.0 Å². The standard InChI is InChI=1S/C39H26O6/c40-30-11-5-26(6-12-30)34(42)17-3-24-1-15-32-28(21-24)9-19-36-38(32)39-33-16-2-25(22-29(33)10-20-37(39)45-23-44-36)4-18-35(43)27-7-13-31(41)14-8-27/h1-22,40-41H,23H2/b17-3+,18-4+. The van der Waals surface area contributed by atoms with Crippen molar-refractivity contribution in [1.29, 1.82) is 0 Å². The van der Waals surface area contributed by atoms with E-state index >= 15 is 0 Å². The molecule has 0 atom stereocenters. The lowest BCUT2D eigenvalue weighted by Gasteiger charge is -2.14. The summed E-state index contributed by atoms with van der Waals surface area (Å²) in [6, 6.07) is 32.3. The average Bonchev–Trinajstić information content (AvgIpc) is 3.26. The summed E-state index contributed by atoms with van der Waals surface area (Å²) >= 11 is 0. The van der Waals surface area contributed by atoms with Gasteiger partial charge in [0, 0.05) is 22.3 Å². The molecule has 6 aromatic carbocycles. The summed E-state index contributed by atoms with van der Waals surface area (Å²) < 4.78 is 12.1. The first kappa shape index (κ1) is 27.7. The van der Waals surface area contributed by atoms with Gasteiger partial charge in [-0.05, 0) is 118 Å². The summed E-state index contributed by atoms with van der Waals surface area (Å²) in [5.41, 5.74) is 4.59. The van der Waals surface area contributed by atoms with Gasteiger partial charge >= 0.3 is 0 Å². The number of phenols is 2. The molecule has 0 saturated heterocycles. The maximum Gasteiger partial charge on any atom is 0.230 e. The molecule has 218 valence electrons. The van der Waals surface area contributed by atoms with Crippen molar-refractivity contribution in [3.05, 3.63) is 144 Å². The molecule has 0 radical (unpaired) electrons. The van der Waals surface area contributed by atoms with Crippen molar-refractivity contribution in [2.24, 2.45) is 0 Å². The molecular formula is C39H26O6. The van der Waals surface area contributed by atoms with Gasteiger partial charge in [-0.15, -0.1) is 0 Å². The van der Waals surface area contributed by atoms with E-state index in [0.29, 0.717) is 22.6 Å². The van der Waals surface area contributed by atoms with Crippen LogP contribution in [0.1, 0.15) is 31.8 Å². The predicted molar refractivity (Wildman–Crippen MR) is 176 cm³/mol. The Kier molecular flexibility index (Phi) is 7.08. The molecule has 2 N–H and O–H groups in total. The number of rotatable bonds is 6. The van der Waals surface area contributed by atoms with E-state index in [1.165, 1.54) is 36.4 Å². The Labute approximate surface area is 258 Å². The van der Waals surface area contributed by atoms with Gasteiger partial charge < -0.3 is 19.7 Å².